The van der Waals surface area contributed by atoms with E-state index >= 15 is 0 Å². The fraction of sp³-hybridized carbons (Fsp3) is 0.471. The SMILES string of the molecule is CN(C)C1(CNC(=O)c2cnc(OC3CCN(CC(c4ccccc4)c4ccccc4)CC3)c(Cl)c2)CCCCC1. The lowest BCUT2D eigenvalue weighted by atomic mass is 9.80. The highest BCUT2D eigenvalue weighted by molar-refractivity contribution is 6.32. The minimum absolute atomic E-state index is 0.0191. The van der Waals surface area contributed by atoms with Gasteiger partial charge in [0.1, 0.15) is 11.1 Å². The van der Waals surface area contributed by atoms with Gasteiger partial charge >= 0.3 is 0 Å². The Kier molecular flexibility index (Phi) is 9.97. The minimum atomic E-state index is -0.141. The van der Waals surface area contributed by atoms with Crippen molar-refractivity contribution in [2.45, 2.75) is 62.5 Å². The average Bonchev–Trinajstić information content (AvgIpc) is 3.01. The van der Waals surface area contributed by atoms with E-state index in [9.17, 15) is 4.79 Å². The standard InChI is InChI=1S/C34H43ClN4O2/c1-38(2)34(18-10-5-11-19-34)25-37-32(40)28-22-31(35)33(36-23-28)41-29-16-20-39(21-17-29)24-30(26-12-6-3-7-13-26)27-14-8-4-9-15-27/h3-4,6-9,12-15,22-23,29-30H,5,10-11,16-21,24-25H2,1-2H3,(H,37,40). The molecule has 6 nitrogen and oxygen atoms in total. The van der Waals surface area contributed by atoms with Crippen molar-refractivity contribution in [1.29, 1.82) is 0 Å². The van der Waals surface area contributed by atoms with Gasteiger partial charge in [-0.1, -0.05) is 91.5 Å². The third-order valence-corrected chi connectivity index (χ3v) is 9.31. The van der Waals surface area contributed by atoms with Gasteiger partial charge in [0, 0.05) is 43.8 Å². The first-order valence-electron chi connectivity index (χ1n) is 15.0. The van der Waals surface area contributed by atoms with Crippen LogP contribution < -0.4 is 10.1 Å². The number of ether oxygens (including phenoxy) is 1. The summed E-state index contributed by atoms with van der Waals surface area (Å²) in [5.41, 5.74) is 3.17. The molecular formula is C34H43ClN4O2. The normalized spacial score (nSPS) is 18.0. The highest BCUT2D eigenvalue weighted by Crippen LogP contribution is 2.32. The fourth-order valence-electron chi connectivity index (χ4n) is 6.37. The number of aromatic nitrogens is 1. The second kappa shape index (κ2) is 13.8. The largest absolute Gasteiger partial charge is 0.473 e. The number of hydrogen-bond donors (Lipinski definition) is 1. The monoisotopic (exact) mass is 574 g/mol. The van der Waals surface area contributed by atoms with Crippen LogP contribution in [0.25, 0.3) is 0 Å². The van der Waals surface area contributed by atoms with Crippen LogP contribution in [0, 0.1) is 0 Å². The molecule has 1 amide bonds. The van der Waals surface area contributed by atoms with Crippen LogP contribution >= 0.6 is 11.6 Å². The number of halogens is 1. The molecule has 218 valence electrons. The van der Waals surface area contributed by atoms with Gasteiger partial charge in [-0.15, -0.1) is 0 Å². The number of carbonyl (C=O) groups is 1. The first kappa shape index (κ1) is 29.6. The van der Waals surface area contributed by atoms with Crippen LogP contribution in [-0.2, 0) is 0 Å². The molecule has 1 N–H and O–H groups in total. The molecule has 1 aliphatic carbocycles. The van der Waals surface area contributed by atoms with Crippen molar-refractivity contribution in [2.24, 2.45) is 0 Å². The summed E-state index contributed by atoms with van der Waals surface area (Å²) in [4.78, 5) is 22.2. The number of rotatable bonds is 10. The number of nitrogens with zero attached hydrogens (tertiary/aromatic N) is 3. The zero-order chi connectivity index (χ0) is 28.7. The number of carbonyl (C=O) groups excluding carboxylic acids is 1. The lowest BCUT2D eigenvalue weighted by Crippen LogP contribution is -2.53. The molecule has 0 unspecified atom stereocenters. The molecule has 2 heterocycles. The van der Waals surface area contributed by atoms with E-state index in [0.29, 0.717) is 28.9 Å². The van der Waals surface area contributed by atoms with Crippen LogP contribution in [0.4, 0.5) is 0 Å². The van der Waals surface area contributed by atoms with Crippen LogP contribution in [0.2, 0.25) is 5.02 Å². The van der Waals surface area contributed by atoms with Crippen LogP contribution in [0.5, 0.6) is 5.88 Å². The van der Waals surface area contributed by atoms with Crippen molar-refractivity contribution in [3.8, 4) is 5.88 Å². The van der Waals surface area contributed by atoms with Gasteiger partial charge in [0.05, 0.1) is 5.56 Å². The zero-order valence-corrected chi connectivity index (χ0v) is 25.2. The molecule has 1 saturated heterocycles. The topological polar surface area (TPSA) is 57.7 Å². The Labute approximate surface area is 250 Å². The van der Waals surface area contributed by atoms with Crippen molar-refractivity contribution >= 4 is 17.5 Å². The second-order valence-corrected chi connectivity index (χ2v) is 12.3. The van der Waals surface area contributed by atoms with E-state index in [-0.39, 0.29) is 17.6 Å². The summed E-state index contributed by atoms with van der Waals surface area (Å²) in [6.45, 7) is 3.50. The van der Waals surface area contributed by atoms with Crippen LogP contribution in [0.15, 0.2) is 72.9 Å². The summed E-state index contributed by atoms with van der Waals surface area (Å²) in [6.07, 6.45) is 9.32. The molecular weight excluding hydrogens is 532 g/mol. The minimum Gasteiger partial charge on any atom is -0.473 e. The molecule has 0 radical (unpaired) electrons. The first-order valence-corrected chi connectivity index (χ1v) is 15.4. The quantitative estimate of drug-likeness (QED) is 0.303. The predicted octanol–water partition coefficient (Wildman–Crippen LogP) is 6.40. The van der Waals surface area contributed by atoms with Gasteiger partial charge in [0.15, 0.2) is 0 Å². The summed E-state index contributed by atoms with van der Waals surface area (Å²) in [7, 11) is 4.22. The van der Waals surface area contributed by atoms with E-state index in [1.807, 2.05) is 0 Å². The number of nitrogens with one attached hydrogen (secondary N) is 1. The number of piperidine rings is 1. The summed E-state index contributed by atoms with van der Waals surface area (Å²) < 4.78 is 6.24. The fourth-order valence-corrected chi connectivity index (χ4v) is 6.59. The molecule has 1 aromatic heterocycles. The van der Waals surface area contributed by atoms with Crippen molar-refractivity contribution in [3.05, 3.63) is 94.6 Å². The van der Waals surface area contributed by atoms with E-state index in [0.717, 1.165) is 45.3 Å². The Bertz CT molecular complexity index is 1220. The van der Waals surface area contributed by atoms with E-state index in [1.54, 1.807) is 12.3 Å². The highest BCUT2D eigenvalue weighted by Gasteiger charge is 2.34. The molecule has 7 heteroatoms. The number of pyridine rings is 1. The molecule has 2 aliphatic rings. The maximum Gasteiger partial charge on any atom is 0.252 e. The lowest BCUT2D eigenvalue weighted by molar-refractivity contribution is 0.0799. The van der Waals surface area contributed by atoms with Gasteiger partial charge < -0.3 is 19.9 Å². The number of likely N-dealkylation sites (N-methyl/N-ethyl adjacent to an activating group) is 1. The van der Waals surface area contributed by atoms with E-state index < -0.39 is 0 Å². The predicted molar refractivity (Wildman–Crippen MR) is 166 cm³/mol. The summed E-state index contributed by atoms with van der Waals surface area (Å²) >= 11 is 6.57. The molecule has 5 rings (SSSR count). The summed E-state index contributed by atoms with van der Waals surface area (Å²) in [6, 6.07) is 23.2. The summed E-state index contributed by atoms with van der Waals surface area (Å²) in [5.74, 6) is 0.595. The molecule has 41 heavy (non-hydrogen) atoms. The molecule has 0 atom stereocenters. The maximum absolute atomic E-state index is 13.0. The first-order chi connectivity index (χ1) is 19.9. The third-order valence-electron chi connectivity index (χ3n) is 9.04. The lowest BCUT2D eigenvalue weighted by Gasteiger charge is -2.43. The Balaban J connectivity index is 1.14. The number of benzene rings is 2. The van der Waals surface area contributed by atoms with Gasteiger partial charge in [-0.2, -0.15) is 0 Å². The number of hydrogen-bond acceptors (Lipinski definition) is 5. The van der Waals surface area contributed by atoms with Crippen molar-refractivity contribution in [2.75, 3.05) is 40.3 Å². The molecule has 2 aromatic carbocycles. The van der Waals surface area contributed by atoms with Gasteiger partial charge in [0.25, 0.3) is 5.91 Å². The number of amides is 1. The van der Waals surface area contributed by atoms with Gasteiger partial charge in [-0.25, -0.2) is 4.98 Å². The maximum atomic E-state index is 13.0. The molecule has 2 fully saturated rings. The molecule has 1 aliphatic heterocycles. The van der Waals surface area contributed by atoms with Crippen LogP contribution in [-0.4, -0.2) is 72.6 Å². The Morgan fingerprint density at radius 3 is 2.20 bits per heavy atom. The van der Waals surface area contributed by atoms with Gasteiger partial charge in [-0.3, -0.25) is 4.79 Å². The van der Waals surface area contributed by atoms with E-state index in [1.165, 1.54) is 30.4 Å². The highest BCUT2D eigenvalue weighted by atomic mass is 35.5. The van der Waals surface area contributed by atoms with Crippen LogP contribution in [0.1, 0.15) is 72.3 Å². The van der Waals surface area contributed by atoms with E-state index in [4.69, 9.17) is 16.3 Å². The molecule has 1 saturated carbocycles. The van der Waals surface area contributed by atoms with Gasteiger partial charge in [-0.05, 0) is 57.0 Å². The van der Waals surface area contributed by atoms with Crippen molar-refractivity contribution < 1.29 is 9.53 Å². The molecule has 3 aromatic rings. The summed E-state index contributed by atoms with van der Waals surface area (Å²) in [5, 5.41) is 3.52. The number of likely N-dealkylation sites (tertiary alicyclic amines) is 1. The Morgan fingerprint density at radius 1 is 1.02 bits per heavy atom. The van der Waals surface area contributed by atoms with Crippen LogP contribution in [0.3, 0.4) is 0 Å². The smallest absolute Gasteiger partial charge is 0.252 e. The molecule has 0 bridgehead atoms. The molecule has 0 spiro atoms. The second-order valence-electron chi connectivity index (χ2n) is 11.9. The third kappa shape index (κ3) is 7.48. The Morgan fingerprint density at radius 2 is 1.63 bits per heavy atom. The zero-order valence-electron chi connectivity index (χ0n) is 24.4. The van der Waals surface area contributed by atoms with Gasteiger partial charge in [0.2, 0.25) is 5.88 Å². The Hall–Kier alpha value is -2.93. The van der Waals surface area contributed by atoms with E-state index in [2.05, 4.69) is 94.9 Å². The van der Waals surface area contributed by atoms with Crippen molar-refractivity contribution in [1.82, 2.24) is 20.1 Å². The average molecular weight is 575 g/mol. The van der Waals surface area contributed by atoms with Crippen molar-refractivity contribution in [3.63, 3.8) is 0 Å².